The van der Waals surface area contributed by atoms with Gasteiger partial charge in [-0.3, -0.25) is 9.59 Å². The van der Waals surface area contributed by atoms with Crippen molar-refractivity contribution in [3.05, 3.63) is 70.5 Å². The Hall–Kier alpha value is -3.30. The first-order chi connectivity index (χ1) is 14.4. The number of amides is 1. The number of hydrogen-bond donors (Lipinski definition) is 1. The predicted molar refractivity (Wildman–Crippen MR) is 118 cm³/mol. The van der Waals surface area contributed by atoms with Crippen molar-refractivity contribution in [3.8, 4) is 6.07 Å². The summed E-state index contributed by atoms with van der Waals surface area (Å²) in [4.78, 5) is 28.5. The molecule has 3 rings (SSSR count). The lowest BCUT2D eigenvalue weighted by molar-refractivity contribution is -0.124. The van der Waals surface area contributed by atoms with E-state index in [2.05, 4.69) is 5.32 Å². The molecule has 0 radical (unpaired) electrons. The highest BCUT2D eigenvalue weighted by atomic mass is 35.5. The minimum atomic E-state index is -0.344. The zero-order valence-corrected chi connectivity index (χ0v) is 17.7. The van der Waals surface area contributed by atoms with E-state index >= 15 is 0 Å². The highest BCUT2D eigenvalue weighted by Crippen LogP contribution is 2.40. The molecule has 30 heavy (non-hydrogen) atoms. The molecular weight excluding hydrogens is 400 g/mol. The van der Waals surface area contributed by atoms with Crippen LogP contribution in [0.5, 0.6) is 0 Å². The molecular formula is C23H23ClN4O2. The summed E-state index contributed by atoms with van der Waals surface area (Å²) in [5.74, 6) is -0.0295. The average molecular weight is 423 g/mol. The Labute approximate surface area is 181 Å². The molecule has 0 aromatic heterocycles. The molecule has 7 heteroatoms. The lowest BCUT2D eigenvalue weighted by atomic mass is 10.1. The van der Waals surface area contributed by atoms with Crippen LogP contribution in [0.4, 0.5) is 11.4 Å². The van der Waals surface area contributed by atoms with Crippen molar-refractivity contribution in [1.29, 1.82) is 5.26 Å². The molecule has 0 saturated carbocycles. The molecule has 154 valence electrons. The maximum absolute atomic E-state index is 12.7. The molecule has 0 fully saturated rings. The molecule has 0 atom stereocenters. The van der Waals surface area contributed by atoms with E-state index in [9.17, 15) is 14.9 Å². The Morgan fingerprint density at radius 3 is 2.30 bits per heavy atom. The van der Waals surface area contributed by atoms with Gasteiger partial charge in [-0.25, -0.2) is 0 Å². The van der Waals surface area contributed by atoms with E-state index in [1.54, 1.807) is 6.07 Å². The van der Waals surface area contributed by atoms with Crippen LogP contribution >= 0.6 is 11.6 Å². The number of fused-ring (bicyclic) bond motifs is 1. The van der Waals surface area contributed by atoms with Crippen LogP contribution in [0.15, 0.2) is 59.9 Å². The Bertz CT molecular complexity index is 1010. The standard InChI is InChI=1S/C23H23ClN4O2/c1-27-19-8-3-4-9-20(19)28(2)23(27)18(15-25)21(29)10-11-22(30)26-13-12-16-6-5-7-17(24)14-16/h3-9,14H,10-13H2,1-2H3,(H,26,30). The van der Waals surface area contributed by atoms with E-state index in [0.717, 1.165) is 16.9 Å². The minimum absolute atomic E-state index is 0.0204. The van der Waals surface area contributed by atoms with Gasteiger partial charge >= 0.3 is 0 Å². The number of halogens is 1. The SMILES string of the molecule is CN1C(=C(C#N)C(=O)CCC(=O)NCCc2cccc(Cl)c2)N(C)c2ccccc21. The normalized spacial score (nSPS) is 12.4. The highest BCUT2D eigenvalue weighted by Gasteiger charge is 2.31. The van der Waals surface area contributed by atoms with Crippen LogP contribution in [-0.4, -0.2) is 32.3 Å². The molecule has 1 aliphatic heterocycles. The number of anilines is 2. The molecule has 0 saturated heterocycles. The molecule has 1 heterocycles. The second-order valence-electron chi connectivity index (χ2n) is 7.07. The Kier molecular flexibility index (Phi) is 6.76. The second kappa shape index (κ2) is 9.47. The van der Waals surface area contributed by atoms with Gasteiger partial charge in [0.05, 0.1) is 11.4 Å². The summed E-state index contributed by atoms with van der Waals surface area (Å²) in [6, 6.07) is 17.2. The van der Waals surface area contributed by atoms with Crippen LogP contribution in [0.3, 0.4) is 0 Å². The highest BCUT2D eigenvalue weighted by molar-refractivity contribution is 6.30. The van der Waals surface area contributed by atoms with Gasteiger partial charge in [0.25, 0.3) is 0 Å². The Morgan fingerprint density at radius 2 is 1.70 bits per heavy atom. The summed E-state index contributed by atoms with van der Waals surface area (Å²) in [6.45, 7) is 0.459. The van der Waals surface area contributed by atoms with Crippen molar-refractivity contribution in [2.24, 2.45) is 0 Å². The van der Waals surface area contributed by atoms with Gasteiger partial charge in [0.15, 0.2) is 5.78 Å². The zero-order valence-electron chi connectivity index (χ0n) is 17.0. The largest absolute Gasteiger partial charge is 0.356 e. The number of allylic oxidation sites excluding steroid dienone is 1. The van der Waals surface area contributed by atoms with Crippen molar-refractivity contribution in [2.45, 2.75) is 19.3 Å². The first kappa shape index (κ1) is 21.4. The number of ketones is 1. The van der Waals surface area contributed by atoms with Gasteiger partial charge in [0.1, 0.15) is 17.5 Å². The Morgan fingerprint density at radius 1 is 1.03 bits per heavy atom. The Balaban J connectivity index is 1.58. The molecule has 1 amide bonds. The maximum Gasteiger partial charge on any atom is 0.220 e. The topological polar surface area (TPSA) is 76.4 Å². The summed E-state index contributed by atoms with van der Waals surface area (Å²) >= 11 is 5.96. The predicted octanol–water partition coefficient (Wildman–Crippen LogP) is 3.67. The van der Waals surface area contributed by atoms with E-state index in [1.807, 2.05) is 72.4 Å². The lowest BCUT2D eigenvalue weighted by Gasteiger charge is -2.19. The minimum Gasteiger partial charge on any atom is -0.356 e. The van der Waals surface area contributed by atoms with E-state index in [1.165, 1.54) is 0 Å². The molecule has 0 spiro atoms. The van der Waals surface area contributed by atoms with Gasteiger partial charge in [-0.15, -0.1) is 0 Å². The van der Waals surface area contributed by atoms with E-state index in [4.69, 9.17) is 11.6 Å². The molecule has 0 aliphatic carbocycles. The number of carbonyl (C=O) groups is 2. The molecule has 6 nitrogen and oxygen atoms in total. The van der Waals surface area contributed by atoms with E-state index in [-0.39, 0.29) is 30.1 Å². The third-order valence-electron chi connectivity index (χ3n) is 5.06. The number of carbonyl (C=O) groups excluding carboxylic acids is 2. The van der Waals surface area contributed by atoms with Crippen molar-refractivity contribution >= 4 is 34.7 Å². The van der Waals surface area contributed by atoms with Crippen LogP contribution in [0.2, 0.25) is 5.02 Å². The van der Waals surface area contributed by atoms with Gasteiger partial charge in [-0.2, -0.15) is 5.26 Å². The van der Waals surface area contributed by atoms with Gasteiger partial charge in [0, 0.05) is 38.5 Å². The number of hydrogen-bond acceptors (Lipinski definition) is 5. The lowest BCUT2D eigenvalue weighted by Crippen LogP contribution is -2.28. The van der Waals surface area contributed by atoms with Crippen molar-refractivity contribution in [3.63, 3.8) is 0 Å². The van der Waals surface area contributed by atoms with Gasteiger partial charge < -0.3 is 15.1 Å². The van der Waals surface area contributed by atoms with E-state index in [0.29, 0.717) is 23.8 Å². The quantitative estimate of drug-likeness (QED) is 0.544. The first-order valence-electron chi connectivity index (χ1n) is 9.67. The summed E-state index contributed by atoms with van der Waals surface area (Å²) in [5, 5.41) is 13.1. The number of rotatable bonds is 7. The second-order valence-corrected chi connectivity index (χ2v) is 7.51. The number of nitrogens with one attached hydrogen (secondary N) is 1. The van der Waals surface area contributed by atoms with Crippen molar-refractivity contribution < 1.29 is 9.59 Å². The van der Waals surface area contributed by atoms with Crippen LogP contribution in [0, 0.1) is 11.3 Å². The smallest absolute Gasteiger partial charge is 0.220 e. The summed E-state index contributed by atoms with van der Waals surface area (Å²) in [5.41, 5.74) is 2.94. The maximum atomic E-state index is 12.7. The zero-order chi connectivity index (χ0) is 21.7. The molecule has 0 bridgehead atoms. The third kappa shape index (κ3) is 4.64. The number of para-hydroxylation sites is 2. The van der Waals surface area contributed by atoms with E-state index < -0.39 is 0 Å². The van der Waals surface area contributed by atoms with Crippen molar-refractivity contribution in [2.75, 3.05) is 30.4 Å². The van der Waals surface area contributed by atoms with Gasteiger partial charge in [-0.1, -0.05) is 35.9 Å². The summed E-state index contributed by atoms with van der Waals surface area (Å²) < 4.78 is 0. The molecule has 1 aliphatic rings. The fourth-order valence-electron chi connectivity index (χ4n) is 3.54. The third-order valence-corrected chi connectivity index (χ3v) is 5.29. The molecule has 2 aromatic rings. The average Bonchev–Trinajstić information content (AvgIpc) is 2.98. The molecule has 1 N–H and O–H groups in total. The summed E-state index contributed by atoms with van der Waals surface area (Å²) in [7, 11) is 3.65. The number of Topliss-reactive ketones (excluding diaryl/α,β-unsaturated/α-hetero) is 1. The fourth-order valence-corrected chi connectivity index (χ4v) is 3.75. The molecule has 0 unspecified atom stereocenters. The number of nitriles is 1. The van der Waals surface area contributed by atoms with Crippen LogP contribution < -0.4 is 15.1 Å². The summed E-state index contributed by atoms with van der Waals surface area (Å²) in [6.07, 6.45) is 0.669. The fraction of sp³-hybridized carbons (Fsp3) is 0.261. The number of nitrogens with zero attached hydrogens (tertiary/aromatic N) is 3. The van der Waals surface area contributed by atoms with Crippen LogP contribution in [0.25, 0.3) is 0 Å². The monoisotopic (exact) mass is 422 g/mol. The van der Waals surface area contributed by atoms with Gasteiger partial charge in [0.2, 0.25) is 5.91 Å². The van der Waals surface area contributed by atoms with Crippen LogP contribution in [0.1, 0.15) is 18.4 Å². The van der Waals surface area contributed by atoms with Crippen molar-refractivity contribution in [1.82, 2.24) is 5.32 Å². The van der Waals surface area contributed by atoms with Gasteiger partial charge in [-0.05, 0) is 36.2 Å². The number of benzene rings is 2. The molecule has 2 aromatic carbocycles. The van der Waals surface area contributed by atoms with Crippen LogP contribution in [-0.2, 0) is 16.0 Å². The first-order valence-corrected chi connectivity index (χ1v) is 10.1.